The zero-order valence-corrected chi connectivity index (χ0v) is 24.1. The molecule has 0 saturated carbocycles. The van der Waals surface area contributed by atoms with E-state index >= 15 is 0 Å². The van der Waals surface area contributed by atoms with Crippen molar-refractivity contribution in [3.63, 3.8) is 0 Å². The van der Waals surface area contributed by atoms with Gasteiger partial charge in [0.15, 0.2) is 0 Å². The minimum Gasteiger partial charge on any atom is -0.399 e. The Labute approximate surface area is 220 Å². The number of aromatic nitrogens is 2. The SMILES string of the molecule is Brc1cccnc1I.CC(C)(C)c1ccnc(-c2ccc(B3OC(C)(C)C(C)(C)O3)cc2)c1. The van der Waals surface area contributed by atoms with Crippen LogP contribution in [-0.4, -0.2) is 28.3 Å². The molecule has 174 valence electrons. The molecule has 1 fully saturated rings. The van der Waals surface area contributed by atoms with E-state index in [4.69, 9.17) is 9.31 Å². The van der Waals surface area contributed by atoms with Crippen molar-refractivity contribution in [3.8, 4) is 11.3 Å². The Kier molecular flexibility index (Phi) is 8.09. The summed E-state index contributed by atoms with van der Waals surface area (Å²) in [6.07, 6.45) is 3.66. The van der Waals surface area contributed by atoms with Gasteiger partial charge in [0.05, 0.1) is 16.9 Å². The fourth-order valence-corrected chi connectivity index (χ4v) is 3.81. The maximum Gasteiger partial charge on any atom is 0.494 e. The van der Waals surface area contributed by atoms with E-state index in [2.05, 4.69) is 133 Å². The summed E-state index contributed by atoms with van der Waals surface area (Å²) in [7, 11) is -0.326. The van der Waals surface area contributed by atoms with Crippen molar-refractivity contribution >= 4 is 51.1 Å². The first-order valence-electron chi connectivity index (χ1n) is 11.0. The van der Waals surface area contributed by atoms with Crippen LogP contribution in [0.25, 0.3) is 11.3 Å². The second-order valence-corrected chi connectivity index (χ2v) is 12.0. The molecule has 0 radical (unpaired) electrons. The standard InChI is InChI=1S/C21H28BNO2.C5H3BrIN/c1-19(2,3)16-12-13-23-18(14-16)15-8-10-17(11-9-15)22-24-20(4,5)21(6,7)25-22;6-4-2-1-3-8-5(4)7/h8-14H,1-7H3;1-3H. The highest BCUT2D eigenvalue weighted by molar-refractivity contribution is 14.1. The average molecular weight is 621 g/mol. The molecule has 1 aromatic carbocycles. The molecule has 0 amide bonds. The Balaban J connectivity index is 0.000000323. The van der Waals surface area contributed by atoms with Crippen LogP contribution in [0, 0.1) is 3.70 Å². The summed E-state index contributed by atoms with van der Waals surface area (Å²) >= 11 is 5.49. The van der Waals surface area contributed by atoms with Crippen LogP contribution >= 0.6 is 38.5 Å². The molecule has 1 aliphatic rings. The van der Waals surface area contributed by atoms with Gasteiger partial charge in [0.1, 0.15) is 3.70 Å². The maximum atomic E-state index is 6.12. The van der Waals surface area contributed by atoms with Gasteiger partial charge < -0.3 is 9.31 Å². The lowest BCUT2D eigenvalue weighted by Gasteiger charge is -2.32. The van der Waals surface area contributed by atoms with Gasteiger partial charge in [-0.05, 0) is 107 Å². The maximum absolute atomic E-state index is 6.12. The predicted octanol–water partition coefficient (Wildman–Crippen LogP) is 6.79. The summed E-state index contributed by atoms with van der Waals surface area (Å²) in [4.78, 5) is 8.55. The van der Waals surface area contributed by atoms with Crippen LogP contribution in [0.1, 0.15) is 54.0 Å². The van der Waals surface area contributed by atoms with Crippen molar-refractivity contribution in [1.29, 1.82) is 0 Å². The minimum absolute atomic E-state index is 0.111. The lowest BCUT2D eigenvalue weighted by Crippen LogP contribution is -2.41. The van der Waals surface area contributed by atoms with Gasteiger partial charge in [0.25, 0.3) is 0 Å². The molecule has 0 bridgehead atoms. The Morgan fingerprint density at radius 3 is 1.97 bits per heavy atom. The van der Waals surface area contributed by atoms with Gasteiger partial charge >= 0.3 is 7.12 Å². The lowest BCUT2D eigenvalue weighted by atomic mass is 9.78. The van der Waals surface area contributed by atoms with Crippen molar-refractivity contribution in [2.75, 3.05) is 0 Å². The van der Waals surface area contributed by atoms with Crippen molar-refractivity contribution in [2.24, 2.45) is 0 Å². The zero-order valence-electron chi connectivity index (χ0n) is 20.3. The molecule has 0 aliphatic carbocycles. The number of halogens is 2. The van der Waals surface area contributed by atoms with Crippen LogP contribution in [-0.2, 0) is 14.7 Å². The van der Waals surface area contributed by atoms with E-state index in [1.165, 1.54) is 5.56 Å². The van der Waals surface area contributed by atoms with Crippen molar-refractivity contribution in [3.05, 3.63) is 74.7 Å². The quantitative estimate of drug-likeness (QED) is 0.180. The predicted molar refractivity (Wildman–Crippen MR) is 149 cm³/mol. The smallest absolute Gasteiger partial charge is 0.399 e. The monoisotopic (exact) mass is 620 g/mol. The van der Waals surface area contributed by atoms with Crippen LogP contribution in [0.3, 0.4) is 0 Å². The summed E-state index contributed by atoms with van der Waals surface area (Å²) in [5, 5.41) is 0. The van der Waals surface area contributed by atoms with Gasteiger partial charge in [-0.15, -0.1) is 0 Å². The van der Waals surface area contributed by atoms with Gasteiger partial charge in [-0.1, -0.05) is 45.0 Å². The molecule has 2 aromatic heterocycles. The van der Waals surface area contributed by atoms with Gasteiger partial charge in [0, 0.05) is 22.4 Å². The van der Waals surface area contributed by atoms with Crippen LogP contribution < -0.4 is 5.46 Å². The normalized spacial score (nSPS) is 16.8. The Morgan fingerprint density at radius 2 is 1.48 bits per heavy atom. The van der Waals surface area contributed by atoms with E-state index < -0.39 is 0 Å². The molecule has 3 heterocycles. The van der Waals surface area contributed by atoms with E-state index in [0.29, 0.717) is 0 Å². The third kappa shape index (κ3) is 6.44. The summed E-state index contributed by atoms with van der Waals surface area (Å²) in [6.45, 7) is 14.9. The Morgan fingerprint density at radius 1 is 0.879 bits per heavy atom. The highest BCUT2D eigenvalue weighted by Crippen LogP contribution is 2.36. The first-order chi connectivity index (χ1) is 15.3. The third-order valence-corrected chi connectivity index (χ3v) is 8.31. The molecule has 4 rings (SSSR count). The molecule has 33 heavy (non-hydrogen) atoms. The summed E-state index contributed by atoms with van der Waals surface area (Å²) < 4.78 is 14.3. The van der Waals surface area contributed by atoms with E-state index in [-0.39, 0.29) is 23.7 Å². The molecule has 0 spiro atoms. The Bertz CT molecular complexity index is 1060. The molecule has 4 nitrogen and oxygen atoms in total. The van der Waals surface area contributed by atoms with E-state index in [9.17, 15) is 0 Å². The first-order valence-corrected chi connectivity index (χ1v) is 12.9. The molecular weight excluding hydrogens is 590 g/mol. The molecule has 1 aliphatic heterocycles. The van der Waals surface area contributed by atoms with Crippen LogP contribution in [0.4, 0.5) is 0 Å². The highest BCUT2D eigenvalue weighted by Gasteiger charge is 2.51. The highest BCUT2D eigenvalue weighted by atomic mass is 127. The molecule has 1 saturated heterocycles. The van der Waals surface area contributed by atoms with E-state index in [1.54, 1.807) is 6.20 Å². The number of hydrogen-bond acceptors (Lipinski definition) is 4. The fourth-order valence-electron chi connectivity index (χ4n) is 3.21. The fraction of sp³-hybridized carbons (Fsp3) is 0.385. The zero-order chi connectivity index (χ0) is 24.4. The minimum atomic E-state index is -0.326. The number of rotatable bonds is 2. The summed E-state index contributed by atoms with van der Waals surface area (Å²) in [5.74, 6) is 0. The molecule has 3 aromatic rings. The average Bonchev–Trinajstić information content (AvgIpc) is 2.97. The second-order valence-electron chi connectivity index (χ2n) is 10.2. The van der Waals surface area contributed by atoms with Crippen LogP contribution in [0.15, 0.2) is 65.4 Å². The van der Waals surface area contributed by atoms with E-state index in [1.807, 2.05) is 18.3 Å². The number of nitrogens with zero attached hydrogens (tertiary/aromatic N) is 2. The molecule has 0 atom stereocenters. The Hall–Kier alpha value is -1.29. The summed E-state index contributed by atoms with van der Waals surface area (Å²) in [5.41, 5.74) is 3.89. The van der Waals surface area contributed by atoms with Crippen LogP contribution in [0.2, 0.25) is 0 Å². The molecule has 7 heteroatoms. The summed E-state index contributed by atoms with van der Waals surface area (Å²) in [6, 6.07) is 16.4. The lowest BCUT2D eigenvalue weighted by molar-refractivity contribution is 0.00578. The van der Waals surface area contributed by atoms with Crippen molar-refractivity contribution in [1.82, 2.24) is 9.97 Å². The number of hydrogen-bond donors (Lipinski definition) is 0. The van der Waals surface area contributed by atoms with Gasteiger partial charge in [-0.3, -0.25) is 4.98 Å². The number of pyridine rings is 2. The molecule has 0 unspecified atom stereocenters. The van der Waals surface area contributed by atoms with Crippen molar-refractivity contribution in [2.45, 2.75) is 65.1 Å². The molecule has 0 N–H and O–H groups in total. The molecular formula is C26H31BBrIN2O2. The van der Waals surface area contributed by atoms with Gasteiger partial charge in [-0.25, -0.2) is 4.98 Å². The van der Waals surface area contributed by atoms with Crippen LogP contribution in [0.5, 0.6) is 0 Å². The van der Waals surface area contributed by atoms with Crippen molar-refractivity contribution < 1.29 is 9.31 Å². The van der Waals surface area contributed by atoms with Gasteiger partial charge in [0.2, 0.25) is 0 Å². The first kappa shape index (κ1) is 26.3. The third-order valence-electron chi connectivity index (χ3n) is 6.07. The topological polar surface area (TPSA) is 44.2 Å². The number of benzene rings is 1. The van der Waals surface area contributed by atoms with Gasteiger partial charge in [-0.2, -0.15) is 0 Å². The second kappa shape index (κ2) is 10.1. The van der Waals surface area contributed by atoms with E-state index in [0.717, 1.165) is 24.9 Å². The largest absolute Gasteiger partial charge is 0.494 e.